The van der Waals surface area contributed by atoms with Gasteiger partial charge in [0, 0.05) is 6.42 Å². The van der Waals surface area contributed by atoms with Crippen molar-refractivity contribution in [1.29, 1.82) is 0 Å². The number of aryl methyl sites for hydroxylation is 1. The molecule has 0 bridgehead atoms. The van der Waals surface area contributed by atoms with Crippen LogP contribution in [0.2, 0.25) is 0 Å². The highest BCUT2D eigenvalue weighted by Crippen LogP contribution is 2.09. The van der Waals surface area contributed by atoms with E-state index in [1.54, 1.807) is 12.1 Å². The monoisotopic (exact) mass is 475 g/mol. The predicted octanol–water partition coefficient (Wildman–Crippen LogP) is 2.71. The summed E-state index contributed by atoms with van der Waals surface area (Å²) >= 11 is 0. The molecule has 0 spiro atoms. The van der Waals surface area contributed by atoms with E-state index in [9.17, 15) is 19.5 Å². The number of hydrogen-bond donors (Lipinski definition) is 4. The van der Waals surface area contributed by atoms with Gasteiger partial charge in [-0.05, 0) is 36.3 Å². The molecular formula is C25H34ClN3O4. The Morgan fingerprint density at radius 2 is 1.36 bits per heavy atom. The fourth-order valence-electron chi connectivity index (χ4n) is 3.40. The number of carboxylic acid groups (broad SMARTS) is 1. The second kappa shape index (κ2) is 14.3. The zero-order valence-electron chi connectivity index (χ0n) is 19.1. The molecule has 0 aliphatic heterocycles. The van der Waals surface area contributed by atoms with Gasteiger partial charge >= 0.3 is 5.97 Å². The maximum Gasteiger partial charge on any atom is 0.326 e. The van der Waals surface area contributed by atoms with Gasteiger partial charge in [0.1, 0.15) is 12.1 Å². The van der Waals surface area contributed by atoms with Crippen molar-refractivity contribution >= 4 is 30.2 Å². The van der Waals surface area contributed by atoms with Gasteiger partial charge in [-0.3, -0.25) is 9.59 Å². The molecule has 8 heteroatoms. The Hall–Kier alpha value is -2.90. The summed E-state index contributed by atoms with van der Waals surface area (Å²) in [7, 11) is 0. The molecule has 0 fully saturated rings. The van der Waals surface area contributed by atoms with E-state index >= 15 is 0 Å². The Balaban J connectivity index is 0.00000544. The number of hydrogen-bond acceptors (Lipinski definition) is 4. The normalized spacial score (nSPS) is 13.3. The summed E-state index contributed by atoms with van der Waals surface area (Å²) < 4.78 is 0. The molecule has 2 rings (SSSR count). The van der Waals surface area contributed by atoms with Gasteiger partial charge in [0.15, 0.2) is 0 Å². The molecular weight excluding hydrogens is 442 g/mol. The number of carbonyl (C=O) groups is 3. The van der Waals surface area contributed by atoms with Crippen LogP contribution in [0.5, 0.6) is 0 Å². The highest BCUT2D eigenvalue weighted by atomic mass is 35.5. The van der Waals surface area contributed by atoms with Crippen LogP contribution in [0.15, 0.2) is 60.7 Å². The SMILES string of the molecule is CC(C)C[C@H](NC(=O)[C@@H](N)CCc1ccccc1)C(=O)NC(Cc1ccccc1)C(=O)O.Cl. The van der Waals surface area contributed by atoms with Crippen molar-refractivity contribution in [2.24, 2.45) is 11.7 Å². The summed E-state index contributed by atoms with van der Waals surface area (Å²) in [4.78, 5) is 37.2. The molecule has 2 amide bonds. The molecule has 180 valence electrons. The number of nitrogens with one attached hydrogen (secondary N) is 2. The third-order valence-electron chi connectivity index (χ3n) is 5.16. The Morgan fingerprint density at radius 1 is 0.848 bits per heavy atom. The first-order valence-electron chi connectivity index (χ1n) is 10.9. The minimum atomic E-state index is -1.13. The Morgan fingerprint density at radius 3 is 1.88 bits per heavy atom. The predicted molar refractivity (Wildman–Crippen MR) is 131 cm³/mol. The van der Waals surface area contributed by atoms with Crippen molar-refractivity contribution in [3.63, 3.8) is 0 Å². The first-order valence-corrected chi connectivity index (χ1v) is 10.9. The molecule has 0 radical (unpaired) electrons. The number of benzene rings is 2. The standard InChI is InChI=1S/C25H33N3O4.ClH/c1-17(2)15-21(27-23(29)20(26)14-13-18-9-5-3-6-10-18)24(30)28-22(25(31)32)16-19-11-7-4-8-12-19;/h3-12,17,20-22H,13-16,26H2,1-2H3,(H,27,29)(H,28,30)(H,31,32);1H/t20-,21-,22?;/m0./s1. The Kier molecular flexibility index (Phi) is 12.2. The van der Waals surface area contributed by atoms with Crippen LogP contribution in [-0.4, -0.2) is 41.0 Å². The number of carboxylic acids is 1. The number of rotatable bonds is 12. The average molecular weight is 476 g/mol. The molecule has 0 heterocycles. The lowest BCUT2D eigenvalue weighted by Crippen LogP contribution is -2.55. The number of nitrogens with two attached hydrogens (primary N) is 1. The summed E-state index contributed by atoms with van der Waals surface area (Å²) in [6.07, 6.45) is 1.62. The van der Waals surface area contributed by atoms with E-state index in [4.69, 9.17) is 5.73 Å². The van der Waals surface area contributed by atoms with Gasteiger partial charge in [0.05, 0.1) is 6.04 Å². The van der Waals surface area contributed by atoms with E-state index in [0.717, 1.165) is 11.1 Å². The maximum absolute atomic E-state index is 12.9. The van der Waals surface area contributed by atoms with Gasteiger partial charge in [-0.1, -0.05) is 74.5 Å². The van der Waals surface area contributed by atoms with Crippen molar-refractivity contribution in [1.82, 2.24) is 10.6 Å². The smallest absolute Gasteiger partial charge is 0.326 e. The van der Waals surface area contributed by atoms with Gasteiger partial charge in [0.2, 0.25) is 11.8 Å². The lowest BCUT2D eigenvalue weighted by Gasteiger charge is -2.24. The maximum atomic E-state index is 12.9. The summed E-state index contributed by atoms with van der Waals surface area (Å²) in [6, 6.07) is 16.1. The third kappa shape index (κ3) is 10.1. The van der Waals surface area contributed by atoms with Crippen LogP contribution in [0.1, 0.15) is 37.8 Å². The van der Waals surface area contributed by atoms with E-state index < -0.39 is 35.9 Å². The number of aliphatic carboxylic acids is 1. The first kappa shape index (κ1) is 28.1. The lowest BCUT2D eigenvalue weighted by atomic mass is 10.00. The molecule has 3 atom stereocenters. The zero-order chi connectivity index (χ0) is 23.5. The van der Waals surface area contributed by atoms with Crippen LogP contribution in [0.25, 0.3) is 0 Å². The molecule has 0 aliphatic rings. The summed E-state index contributed by atoms with van der Waals surface area (Å²) in [5.74, 6) is -1.96. The number of halogens is 1. The van der Waals surface area contributed by atoms with Crippen molar-refractivity contribution < 1.29 is 19.5 Å². The molecule has 0 saturated carbocycles. The minimum Gasteiger partial charge on any atom is -0.480 e. The molecule has 0 aromatic heterocycles. The van der Waals surface area contributed by atoms with E-state index in [1.165, 1.54) is 0 Å². The molecule has 5 N–H and O–H groups in total. The summed E-state index contributed by atoms with van der Waals surface area (Å²) in [6.45, 7) is 3.86. The highest BCUT2D eigenvalue weighted by Gasteiger charge is 2.28. The summed E-state index contributed by atoms with van der Waals surface area (Å²) in [5.41, 5.74) is 7.94. The van der Waals surface area contributed by atoms with Gasteiger partial charge in [-0.25, -0.2) is 4.79 Å². The largest absolute Gasteiger partial charge is 0.480 e. The van der Waals surface area contributed by atoms with Crippen LogP contribution in [-0.2, 0) is 27.2 Å². The molecule has 33 heavy (non-hydrogen) atoms. The van der Waals surface area contributed by atoms with Crippen LogP contribution in [0, 0.1) is 5.92 Å². The molecule has 7 nitrogen and oxygen atoms in total. The highest BCUT2D eigenvalue weighted by molar-refractivity contribution is 5.91. The van der Waals surface area contributed by atoms with Crippen LogP contribution in [0.4, 0.5) is 0 Å². The second-order valence-electron chi connectivity index (χ2n) is 8.41. The quantitative estimate of drug-likeness (QED) is 0.376. The van der Waals surface area contributed by atoms with E-state index in [0.29, 0.717) is 19.3 Å². The van der Waals surface area contributed by atoms with Gasteiger partial charge in [-0.15, -0.1) is 12.4 Å². The fourth-order valence-corrected chi connectivity index (χ4v) is 3.40. The fraction of sp³-hybridized carbons (Fsp3) is 0.400. The molecule has 1 unspecified atom stereocenters. The van der Waals surface area contributed by atoms with E-state index in [-0.39, 0.29) is 24.7 Å². The summed E-state index contributed by atoms with van der Waals surface area (Å²) in [5, 5.41) is 14.9. The van der Waals surface area contributed by atoms with E-state index in [1.807, 2.05) is 62.4 Å². The first-order chi connectivity index (χ1) is 15.3. The second-order valence-corrected chi connectivity index (χ2v) is 8.41. The number of amides is 2. The van der Waals surface area contributed by atoms with Crippen molar-refractivity contribution in [2.45, 2.75) is 57.7 Å². The topological polar surface area (TPSA) is 122 Å². The van der Waals surface area contributed by atoms with Crippen molar-refractivity contribution in [3.05, 3.63) is 71.8 Å². The molecule has 0 aliphatic carbocycles. The van der Waals surface area contributed by atoms with Crippen LogP contribution < -0.4 is 16.4 Å². The number of carbonyl (C=O) groups excluding carboxylic acids is 2. The average Bonchev–Trinajstić information content (AvgIpc) is 2.77. The third-order valence-corrected chi connectivity index (χ3v) is 5.16. The minimum absolute atomic E-state index is 0. The van der Waals surface area contributed by atoms with Crippen molar-refractivity contribution in [2.75, 3.05) is 0 Å². The molecule has 2 aromatic carbocycles. The van der Waals surface area contributed by atoms with Crippen LogP contribution >= 0.6 is 12.4 Å². The lowest BCUT2D eigenvalue weighted by molar-refractivity contribution is -0.142. The van der Waals surface area contributed by atoms with Crippen molar-refractivity contribution in [3.8, 4) is 0 Å². The van der Waals surface area contributed by atoms with Gasteiger partial charge in [-0.2, -0.15) is 0 Å². The van der Waals surface area contributed by atoms with E-state index in [2.05, 4.69) is 10.6 Å². The van der Waals surface area contributed by atoms with Gasteiger partial charge in [0.25, 0.3) is 0 Å². The zero-order valence-corrected chi connectivity index (χ0v) is 19.9. The Bertz CT molecular complexity index is 878. The molecule has 2 aromatic rings. The van der Waals surface area contributed by atoms with Gasteiger partial charge < -0.3 is 21.5 Å². The molecule has 0 saturated heterocycles. The van der Waals surface area contributed by atoms with Crippen LogP contribution in [0.3, 0.4) is 0 Å². The Labute approximate surface area is 201 Å².